The molecule has 0 amide bonds. The van der Waals surface area contributed by atoms with E-state index in [0.717, 1.165) is 19.0 Å². The van der Waals surface area contributed by atoms with Gasteiger partial charge in [-0.25, -0.2) is 0 Å². The monoisotopic (exact) mass is 204 g/mol. The van der Waals surface area contributed by atoms with E-state index in [-0.39, 0.29) is 0 Å². The van der Waals surface area contributed by atoms with Crippen LogP contribution in [0.4, 0.5) is 0 Å². The molecule has 2 heteroatoms. The standard InChI is InChI=1S/C9H8O.C4H8O/c1-2-6-9-8(4-1)5-3-7-10-9;1-2-4-5-3-1/h1-6H,7H2;1-4H2. The normalized spacial score (nSPS) is 17.3. The zero-order chi connectivity index (χ0) is 10.3. The molecular formula is C13H16O2. The molecule has 1 aromatic carbocycles. The van der Waals surface area contributed by atoms with Crippen LogP contribution in [0.25, 0.3) is 6.08 Å². The van der Waals surface area contributed by atoms with Gasteiger partial charge < -0.3 is 9.47 Å². The molecule has 2 aliphatic heterocycles. The lowest BCUT2D eigenvalue weighted by molar-refractivity contribution is 0.198. The fourth-order valence-electron chi connectivity index (χ4n) is 1.57. The predicted molar refractivity (Wildman–Crippen MR) is 61.0 cm³/mol. The fourth-order valence-corrected chi connectivity index (χ4v) is 1.57. The van der Waals surface area contributed by atoms with Crippen molar-refractivity contribution in [3.05, 3.63) is 35.9 Å². The second-order valence-corrected chi connectivity index (χ2v) is 3.57. The number of hydrogen-bond acceptors (Lipinski definition) is 2. The Labute approximate surface area is 90.5 Å². The smallest absolute Gasteiger partial charge is 0.126 e. The van der Waals surface area contributed by atoms with E-state index in [2.05, 4.69) is 6.08 Å². The van der Waals surface area contributed by atoms with Gasteiger partial charge in [0.2, 0.25) is 0 Å². The van der Waals surface area contributed by atoms with E-state index in [1.165, 1.54) is 18.4 Å². The van der Waals surface area contributed by atoms with Crippen LogP contribution in [0.1, 0.15) is 18.4 Å². The lowest BCUT2D eigenvalue weighted by Gasteiger charge is -2.10. The molecule has 0 bridgehead atoms. The minimum atomic E-state index is 0.705. The largest absolute Gasteiger partial charge is 0.489 e. The van der Waals surface area contributed by atoms with Crippen molar-refractivity contribution in [2.45, 2.75) is 12.8 Å². The fraction of sp³-hybridized carbons (Fsp3) is 0.385. The first-order valence-electron chi connectivity index (χ1n) is 5.43. The highest BCUT2D eigenvalue weighted by Crippen LogP contribution is 2.21. The van der Waals surface area contributed by atoms with Crippen LogP contribution >= 0.6 is 0 Å². The van der Waals surface area contributed by atoms with Crippen molar-refractivity contribution in [3.8, 4) is 5.75 Å². The minimum Gasteiger partial charge on any atom is -0.489 e. The van der Waals surface area contributed by atoms with Crippen LogP contribution in [0.15, 0.2) is 30.3 Å². The van der Waals surface area contributed by atoms with Gasteiger partial charge in [0.25, 0.3) is 0 Å². The molecule has 1 saturated heterocycles. The molecule has 1 fully saturated rings. The zero-order valence-electron chi connectivity index (χ0n) is 8.82. The van der Waals surface area contributed by atoms with E-state index < -0.39 is 0 Å². The second-order valence-electron chi connectivity index (χ2n) is 3.57. The number of para-hydroxylation sites is 1. The highest BCUT2D eigenvalue weighted by molar-refractivity contribution is 5.58. The first-order valence-corrected chi connectivity index (χ1v) is 5.43. The van der Waals surface area contributed by atoms with E-state index in [1.807, 2.05) is 30.3 Å². The maximum absolute atomic E-state index is 5.34. The van der Waals surface area contributed by atoms with E-state index >= 15 is 0 Å². The Kier molecular flexibility index (Phi) is 3.80. The summed E-state index contributed by atoms with van der Waals surface area (Å²) in [4.78, 5) is 0. The molecule has 2 heterocycles. The number of ether oxygens (including phenoxy) is 2. The van der Waals surface area contributed by atoms with Gasteiger partial charge in [0.05, 0.1) is 0 Å². The van der Waals surface area contributed by atoms with Crippen molar-refractivity contribution in [1.82, 2.24) is 0 Å². The molecule has 0 aliphatic carbocycles. The summed E-state index contributed by atoms with van der Waals surface area (Å²) < 4.78 is 10.3. The molecule has 0 saturated carbocycles. The Morgan fingerprint density at radius 1 is 1.00 bits per heavy atom. The van der Waals surface area contributed by atoms with Crippen molar-refractivity contribution < 1.29 is 9.47 Å². The summed E-state index contributed by atoms with van der Waals surface area (Å²) >= 11 is 0. The first-order chi connectivity index (χ1) is 7.47. The van der Waals surface area contributed by atoms with E-state index in [1.54, 1.807) is 0 Å². The highest BCUT2D eigenvalue weighted by Gasteiger charge is 2.01. The third kappa shape index (κ3) is 3.10. The van der Waals surface area contributed by atoms with Crippen LogP contribution in [0, 0.1) is 0 Å². The van der Waals surface area contributed by atoms with Gasteiger partial charge in [-0.05, 0) is 25.0 Å². The Morgan fingerprint density at radius 3 is 2.47 bits per heavy atom. The summed E-state index contributed by atoms with van der Waals surface area (Å²) in [5, 5.41) is 0. The summed E-state index contributed by atoms with van der Waals surface area (Å²) in [6.45, 7) is 2.71. The highest BCUT2D eigenvalue weighted by atomic mass is 16.5. The third-order valence-electron chi connectivity index (χ3n) is 2.38. The molecule has 2 nitrogen and oxygen atoms in total. The molecule has 0 radical (unpaired) electrons. The van der Waals surface area contributed by atoms with Crippen molar-refractivity contribution in [2.75, 3.05) is 19.8 Å². The number of hydrogen-bond donors (Lipinski definition) is 0. The van der Waals surface area contributed by atoms with Crippen molar-refractivity contribution in [1.29, 1.82) is 0 Å². The van der Waals surface area contributed by atoms with Crippen LogP contribution in [0.3, 0.4) is 0 Å². The van der Waals surface area contributed by atoms with Gasteiger partial charge in [-0.2, -0.15) is 0 Å². The SMILES string of the molecule is C1=Cc2ccccc2OC1.C1CCOC1. The van der Waals surface area contributed by atoms with E-state index in [0.29, 0.717) is 6.61 Å². The van der Waals surface area contributed by atoms with Gasteiger partial charge in [-0.3, -0.25) is 0 Å². The summed E-state index contributed by atoms with van der Waals surface area (Å²) in [6.07, 6.45) is 6.65. The summed E-state index contributed by atoms with van der Waals surface area (Å²) in [6, 6.07) is 8.03. The van der Waals surface area contributed by atoms with Crippen LogP contribution in [-0.4, -0.2) is 19.8 Å². The van der Waals surface area contributed by atoms with Crippen molar-refractivity contribution in [3.63, 3.8) is 0 Å². The molecule has 0 spiro atoms. The quantitative estimate of drug-likeness (QED) is 0.647. The first kappa shape index (κ1) is 10.2. The maximum atomic E-state index is 5.34. The van der Waals surface area contributed by atoms with Crippen molar-refractivity contribution >= 4 is 6.08 Å². The molecule has 0 N–H and O–H groups in total. The van der Waals surface area contributed by atoms with Crippen LogP contribution < -0.4 is 4.74 Å². The topological polar surface area (TPSA) is 18.5 Å². The molecule has 0 aromatic heterocycles. The zero-order valence-corrected chi connectivity index (χ0v) is 8.82. The molecule has 15 heavy (non-hydrogen) atoms. The Balaban J connectivity index is 0.000000144. The molecule has 80 valence electrons. The predicted octanol–water partition coefficient (Wildman–Crippen LogP) is 2.89. The third-order valence-corrected chi connectivity index (χ3v) is 2.38. The van der Waals surface area contributed by atoms with Gasteiger partial charge in [0.1, 0.15) is 12.4 Å². The molecule has 2 aliphatic rings. The average molecular weight is 204 g/mol. The van der Waals surface area contributed by atoms with E-state index in [9.17, 15) is 0 Å². The Hall–Kier alpha value is -1.28. The van der Waals surface area contributed by atoms with Gasteiger partial charge in [0, 0.05) is 18.8 Å². The van der Waals surface area contributed by atoms with Crippen LogP contribution in [0.5, 0.6) is 5.75 Å². The van der Waals surface area contributed by atoms with Gasteiger partial charge in [-0.15, -0.1) is 0 Å². The molecule has 1 aromatic rings. The molecular weight excluding hydrogens is 188 g/mol. The summed E-state index contributed by atoms with van der Waals surface area (Å²) in [5.74, 6) is 0.991. The van der Waals surface area contributed by atoms with Crippen LogP contribution in [0.2, 0.25) is 0 Å². The van der Waals surface area contributed by atoms with Gasteiger partial charge >= 0.3 is 0 Å². The molecule has 3 rings (SSSR count). The lowest BCUT2D eigenvalue weighted by atomic mass is 10.1. The Bertz CT molecular complexity index is 319. The van der Waals surface area contributed by atoms with Gasteiger partial charge in [0.15, 0.2) is 0 Å². The van der Waals surface area contributed by atoms with Crippen molar-refractivity contribution in [2.24, 2.45) is 0 Å². The summed E-state index contributed by atoms with van der Waals surface area (Å²) in [5.41, 5.74) is 1.17. The van der Waals surface area contributed by atoms with E-state index in [4.69, 9.17) is 9.47 Å². The number of benzene rings is 1. The second kappa shape index (κ2) is 5.56. The minimum absolute atomic E-state index is 0.705. The Morgan fingerprint density at radius 2 is 1.80 bits per heavy atom. The summed E-state index contributed by atoms with van der Waals surface area (Å²) in [7, 11) is 0. The lowest BCUT2D eigenvalue weighted by Crippen LogP contribution is -1.98. The molecule has 0 atom stereocenters. The average Bonchev–Trinajstić information content (AvgIpc) is 2.88. The number of fused-ring (bicyclic) bond motifs is 1. The number of rotatable bonds is 0. The maximum Gasteiger partial charge on any atom is 0.126 e. The molecule has 0 unspecified atom stereocenters. The van der Waals surface area contributed by atoms with Gasteiger partial charge in [-0.1, -0.05) is 24.3 Å². The van der Waals surface area contributed by atoms with Crippen LogP contribution in [-0.2, 0) is 4.74 Å².